The van der Waals surface area contributed by atoms with Crippen molar-refractivity contribution < 1.29 is 92.3 Å². The third kappa shape index (κ3) is 31.7. The molecule has 0 saturated carbocycles. The summed E-state index contributed by atoms with van der Waals surface area (Å²) in [4.78, 5) is 193. The van der Waals surface area contributed by atoms with Crippen molar-refractivity contribution >= 4 is 88.7 Å². The number of aliphatic carboxylic acids is 2. The number of carbonyl (C=O) groups is 15. The molecule has 0 fully saturated rings. The van der Waals surface area contributed by atoms with Gasteiger partial charge in [0, 0.05) is 19.3 Å². The lowest BCUT2D eigenvalue weighted by Gasteiger charge is -2.28. The van der Waals surface area contributed by atoms with E-state index in [-0.39, 0.29) is 50.0 Å². The molecule has 0 unspecified atom stereocenters. The van der Waals surface area contributed by atoms with Crippen LogP contribution in [0.4, 0.5) is 0 Å². The molecule has 0 spiro atoms. The zero-order valence-corrected chi connectivity index (χ0v) is 49.9. The number of aliphatic hydroxyl groups excluding tert-OH is 2. The van der Waals surface area contributed by atoms with Crippen molar-refractivity contribution in [3.05, 3.63) is 0 Å². The predicted molar refractivity (Wildman–Crippen MR) is 304 cm³/mol. The van der Waals surface area contributed by atoms with Gasteiger partial charge in [0.25, 0.3) is 0 Å². The highest BCUT2D eigenvalue weighted by molar-refractivity contribution is 5.99. The quantitative estimate of drug-likeness (QED) is 0.0153. The summed E-state index contributed by atoms with van der Waals surface area (Å²) in [6, 6.07) is -14.9. The van der Waals surface area contributed by atoms with Crippen molar-refractivity contribution in [2.24, 2.45) is 40.7 Å². The van der Waals surface area contributed by atoms with Crippen LogP contribution in [-0.4, -0.2) is 202 Å². The van der Waals surface area contributed by atoms with Gasteiger partial charge in [0.15, 0.2) is 0 Å². The van der Waals surface area contributed by atoms with Gasteiger partial charge in [0.2, 0.25) is 76.8 Å². The van der Waals surface area contributed by atoms with Gasteiger partial charge in [-0.05, 0) is 89.5 Å². The summed E-state index contributed by atoms with van der Waals surface area (Å²) < 4.78 is 0. The fourth-order valence-corrected chi connectivity index (χ4v) is 7.79. The van der Waals surface area contributed by atoms with Gasteiger partial charge < -0.3 is 102 Å². The average Bonchev–Trinajstić information content (AvgIpc) is 3.50. The van der Waals surface area contributed by atoms with Gasteiger partial charge in [-0.1, -0.05) is 41.5 Å². The van der Waals surface area contributed by atoms with Crippen LogP contribution >= 0.6 is 0 Å². The zero-order chi connectivity index (χ0) is 66.1. The first-order valence-electron chi connectivity index (χ1n) is 28.1. The predicted octanol–water partition coefficient (Wildman–Crippen LogP) is -7.34. The molecule has 34 heteroatoms. The third-order valence-corrected chi connectivity index (χ3v) is 12.7. The van der Waals surface area contributed by atoms with E-state index in [1.807, 2.05) is 0 Å². The molecule has 86 heavy (non-hydrogen) atoms. The minimum Gasteiger partial charge on any atom is -0.481 e. The molecule has 0 heterocycles. The Morgan fingerprint density at radius 2 is 0.826 bits per heavy atom. The summed E-state index contributed by atoms with van der Waals surface area (Å²) >= 11 is 0. The molecule has 0 aliphatic rings. The van der Waals surface area contributed by atoms with E-state index in [2.05, 4.69) is 58.5 Å². The number of carboxylic acid groups (broad SMARTS) is 2. The highest BCUT2D eigenvalue weighted by Crippen LogP contribution is 2.12. The summed E-state index contributed by atoms with van der Waals surface area (Å²) in [7, 11) is 0. The molecular formula is C52H91N15O19. The molecule has 0 aromatic carbocycles. The average molecular weight is 1240 g/mol. The second-order valence-corrected chi connectivity index (χ2v) is 21.7. The fraction of sp³-hybridized carbons (Fsp3) is 0.712. The van der Waals surface area contributed by atoms with Gasteiger partial charge in [-0.15, -0.1) is 0 Å². The second-order valence-electron chi connectivity index (χ2n) is 21.7. The van der Waals surface area contributed by atoms with Gasteiger partial charge in [-0.3, -0.25) is 67.1 Å². The van der Waals surface area contributed by atoms with Crippen molar-refractivity contribution in [2.45, 2.75) is 193 Å². The number of nitrogens with two attached hydrogens (primary N) is 4. The van der Waals surface area contributed by atoms with Gasteiger partial charge >= 0.3 is 11.9 Å². The van der Waals surface area contributed by atoms with Crippen LogP contribution in [0.3, 0.4) is 0 Å². The van der Waals surface area contributed by atoms with Crippen molar-refractivity contribution in [2.75, 3.05) is 26.2 Å². The summed E-state index contributed by atoms with van der Waals surface area (Å²) in [5.41, 5.74) is 22.0. The first-order valence-corrected chi connectivity index (χ1v) is 28.1. The molecule has 0 rings (SSSR count). The lowest BCUT2D eigenvalue weighted by molar-refractivity contribution is -0.142. The van der Waals surface area contributed by atoms with E-state index in [0.29, 0.717) is 12.8 Å². The highest BCUT2D eigenvalue weighted by Gasteiger charge is 2.36. The molecule has 488 valence electrons. The zero-order valence-electron chi connectivity index (χ0n) is 49.9. The van der Waals surface area contributed by atoms with Crippen molar-refractivity contribution in [3.63, 3.8) is 0 Å². The Hall–Kier alpha value is -8.11. The van der Waals surface area contributed by atoms with Crippen LogP contribution in [0, 0.1) is 17.8 Å². The maximum Gasteiger partial charge on any atom is 0.326 e. The number of carbonyl (C=O) groups excluding carboxylic acids is 13. The third-order valence-electron chi connectivity index (χ3n) is 12.7. The Labute approximate surface area is 497 Å². The van der Waals surface area contributed by atoms with E-state index in [1.165, 1.54) is 6.92 Å². The molecule has 0 aliphatic heterocycles. The van der Waals surface area contributed by atoms with Crippen LogP contribution in [0.15, 0.2) is 0 Å². The first-order chi connectivity index (χ1) is 40.0. The van der Waals surface area contributed by atoms with Crippen LogP contribution in [0.5, 0.6) is 0 Å². The summed E-state index contributed by atoms with van der Waals surface area (Å²) in [5, 5.41) is 64.6. The maximum absolute atomic E-state index is 14.0. The molecule has 0 aliphatic carbocycles. The molecule has 13 amide bonds. The standard InChI is InChI=1S/C52H91N15O19/c1-24(2)19-33(47(80)62-31(13-16-37(55)71)46(79)65-34(20-25(3)4)48(81)63-30(12-15-36(54)70)45(78)64-32(52(85)86)11-9-10-18-53)60-39(73)22-57-43(76)27(7)59-38(72)21-58-44(77)29(14-17-40(74)75)61-49(82)35(23-68)66-51(84)42(28(8)69)67-50(83)41(56)26(5)6/h24-35,41-42,68-69H,9-23,53,56H2,1-8H3,(H2,54,70)(H2,55,71)(H,57,76)(H,58,77)(H,59,72)(H,60,73)(H,61,82)(H,62,80)(H,63,81)(H,64,78)(H,65,79)(H,66,84)(H,67,83)(H,74,75)(H,85,86)/t27-,28+,29-,30-,31-,32-,33-,34-,35-,41-,42-/m0/s1/i9+1,10+1,11+1,18+1,32+1,52+1,53+1,64+1. The van der Waals surface area contributed by atoms with Gasteiger partial charge in [0.05, 0.1) is 31.8 Å². The second kappa shape index (κ2) is 40.3. The van der Waals surface area contributed by atoms with Gasteiger partial charge in [-0.25, -0.2) is 4.79 Å². The number of unbranched alkanes of at least 4 members (excludes halogenated alkanes) is 1. The topological polar surface area (TPSA) is 573 Å². The van der Waals surface area contributed by atoms with E-state index in [4.69, 9.17) is 22.9 Å². The summed E-state index contributed by atoms with van der Waals surface area (Å²) in [6.45, 7) is 9.97. The number of nitrogens with one attached hydrogen (secondary N) is 11. The van der Waals surface area contributed by atoms with Crippen molar-refractivity contribution in [1.29, 1.82) is 0 Å². The number of hydrogen-bond donors (Lipinski definition) is 19. The summed E-state index contributed by atoms with van der Waals surface area (Å²) in [6.07, 6.45) is -3.68. The molecule has 11 atom stereocenters. The van der Waals surface area contributed by atoms with Gasteiger partial charge in [0.1, 0.15) is 54.4 Å². The van der Waals surface area contributed by atoms with E-state index < -0.39 is 207 Å². The monoisotopic (exact) mass is 1240 g/mol. The van der Waals surface area contributed by atoms with Crippen LogP contribution in [0.1, 0.15) is 126 Å². The molecule has 34 nitrogen and oxygen atoms in total. The lowest BCUT2D eigenvalue weighted by Crippen LogP contribution is -2.61. The Morgan fingerprint density at radius 1 is 0.430 bits per heavy atom. The molecule has 23 N–H and O–H groups in total. The summed E-state index contributed by atoms with van der Waals surface area (Å²) in [5.74, 6) is -16.4. The largest absolute Gasteiger partial charge is 0.481 e. The van der Waals surface area contributed by atoms with Crippen LogP contribution < -0.4 is 81.4 Å². The van der Waals surface area contributed by atoms with Crippen LogP contribution in [0.2, 0.25) is 0 Å². The molecular weight excluding hydrogens is 1150 g/mol. The molecule has 0 radical (unpaired) electrons. The van der Waals surface area contributed by atoms with Crippen LogP contribution in [0.25, 0.3) is 0 Å². The van der Waals surface area contributed by atoms with Crippen molar-refractivity contribution in [1.82, 2.24) is 58.5 Å². The minimum absolute atomic E-state index is 0.000788. The Kier molecular flexibility index (Phi) is 36.5. The van der Waals surface area contributed by atoms with E-state index in [1.54, 1.807) is 41.5 Å². The molecule has 0 aromatic rings. The highest BCUT2D eigenvalue weighted by atomic mass is 16.5. The SMILES string of the molecule is CC(C)C[C@H](NC(=O)CNC(=O)[C@H](C)NC(=O)CNC(=O)[C@H](CCC(=O)O)NC(=O)[C@H](CO)NC(=O)[C@@H](NC(=O)[C@@H](N)C(C)C)[C@@H](C)O)C(=O)N[C@@H](CCC(N)=O)C(=O)N[C@@H](CC(C)C)C(=O)N[C@@H](CCC(N)=O)C(=O)[15NH][13C@@H]([13CH2][13CH2][13CH2][13CH2][15NH2])[13C](=O)O. The maximum atomic E-state index is 14.0. The lowest BCUT2D eigenvalue weighted by atomic mass is 10.00. The Morgan fingerprint density at radius 3 is 1.24 bits per heavy atom. The number of rotatable bonds is 43. The first kappa shape index (κ1) is 77.9. The number of hydrogen-bond acceptors (Lipinski definition) is 19. The van der Waals surface area contributed by atoms with E-state index in [9.17, 15) is 92.3 Å². The molecule has 0 bridgehead atoms. The Bertz CT molecular complexity index is 2360. The molecule has 0 aromatic heterocycles. The van der Waals surface area contributed by atoms with E-state index >= 15 is 0 Å². The van der Waals surface area contributed by atoms with E-state index in [0.717, 1.165) is 6.92 Å². The number of primary amides is 2. The van der Waals surface area contributed by atoms with Gasteiger partial charge in [-0.2, -0.15) is 0 Å². The molecule has 0 saturated heterocycles. The number of carboxylic acids is 2. The normalized spacial score (nSPS) is 15.0. The Balaban J connectivity index is 6.06. The number of aliphatic hydroxyl groups is 2. The fourth-order valence-electron chi connectivity index (χ4n) is 7.79. The smallest absolute Gasteiger partial charge is 0.326 e. The van der Waals surface area contributed by atoms with Crippen molar-refractivity contribution in [3.8, 4) is 0 Å². The van der Waals surface area contributed by atoms with Crippen LogP contribution in [-0.2, 0) is 71.9 Å². The number of amides is 13. The minimum atomic E-state index is -1.81.